The van der Waals surface area contributed by atoms with Gasteiger partial charge in [0.25, 0.3) is 5.91 Å². The fourth-order valence-corrected chi connectivity index (χ4v) is 3.02. The molecule has 2 N–H and O–H groups in total. The van der Waals surface area contributed by atoms with Crippen molar-refractivity contribution in [2.45, 2.75) is 25.5 Å². The molecule has 0 aliphatic rings. The van der Waals surface area contributed by atoms with E-state index in [-0.39, 0.29) is 18.2 Å². The molecule has 30 heavy (non-hydrogen) atoms. The van der Waals surface area contributed by atoms with Crippen LogP contribution in [0.4, 0.5) is 0 Å². The monoisotopic (exact) mass is 445 g/mol. The number of benzene rings is 2. The van der Waals surface area contributed by atoms with E-state index >= 15 is 0 Å². The first-order chi connectivity index (χ1) is 14.3. The second kappa shape index (κ2) is 9.43. The van der Waals surface area contributed by atoms with Crippen molar-refractivity contribution >= 4 is 29.1 Å². The summed E-state index contributed by atoms with van der Waals surface area (Å²) in [5.41, 5.74) is 0.942. The average Bonchev–Trinajstić information content (AvgIpc) is 2.73. The standard InChI is InChI=1S/C22H21Cl2N3O3/c1-22(2,13-28)27-21(29)18-11-26-19(12-25-18)30-20(14-7-9-15(23)10-8-14)16-5-3-4-6-17(16)24/h3-12,20,28H,13H2,1-2H3,(H,27,29). The Labute approximate surface area is 184 Å². The molecule has 0 saturated heterocycles. The molecule has 0 aliphatic carbocycles. The van der Waals surface area contributed by atoms with Crippen LogP contribution < -0.4 is 10.1 Å². The fraction of sp³-hybridized carbons (Fsp3) is 0.227. The summed E-state index contributed by atoms with van der Waals surface area (Å²) in [5.74, 6) is -0.207. The molecule has 3 aromatic rings. The Morgan fingerprint density at radius 1 is 1.10 bits per heavy atom. The predicted octanol–water partition coefficient (Wildman–Crippen LogP) is 4.45. The van der Waals surface area contributed by atoms with Gasteiger partial charge in [0.1, 0.15) is 5.69 Å². The van der Waals surface area contributed by atoms with Crippen molar-refractivity contribution in [1.82, 2.24) is 15.3 Å². The number of nitrogens with one attached hydrogen (secondary N) is 1. The summed E-state index contributed by atoms with van der Waals surface area (Å²) in [7, 11) is 0. The van der Waals surface area contributed by atoms with E-state index < -0.39 is 17.6 Å². The van der Waals surface area contributed by atoms with Crippen LogP contribution in [-0.2, 0) is 0 Å². The molecule has 8 heteroatoms. The van der Waals surface area contributed by atoms with Crippen LogP contribution >= 0.6 is 23.2 Å². The van der Waals surface area contributed by atoms with Gasteiger partial charge in [-0.1, -0.05) is 53.5 Å². The minimum atomic E-state index is -0.766. The number of aromatic nitrogens is 2. The lowest BCUT2D eigenvalue weighted by Crippen LogP contribution is -2.46. The largest absolute Gasteiger partial charge is 0.463 e. The molecule has 0 fully saturated rings. The van der Waals surface area contributed by atoms with Gasteiger partial charge in [0.2, 0.25) is 5.88 Å². The van der Waals surface area contributed by atoms with E-state index in [9.17, 15) is 9.90 Å². The highest BCUT2D eigenvalue weighted by Crippen LogP contribution is 2.32. The summed E-state index contributed by atoms with van der Waals surface area (Å²) in [5, 5.41) is 13.1. The van der Waals surface area contributed by atoms with E-state index in [1.807, 2.05) is 30.3 Å². The zero-order valence-electron chi connectivity index (χ0n) is 16.5. The maximum absolute atomic E-state index is 12.3. The van der Waals surface area contributed by atoms with Crippen LogP contribution in [0.15, 0.2) is 60.9 Å². The number of nitrogens with zero attached hydrogens (tertiary/aromatic N) is 2. The summed E-state index contributed by atoms with van der Waals surface area (Å²) in [4.78, 5) is 20.6. The minimum absolute atomic E-state index is 0.115. The Morgan fingerprint density at radius 2 is 1.80 bits per heavy atom. The van der Waals surface area contributed by atoms with Crippen molar-refractivity contribution in [3.05, 3.63) is 87.8 Å². The summed E-state index contributed by atoms with van der Waals surface area (Å²) < 4.78 is 6.09. The quantitative estimate of drug-likeness (QED) is 0.560. The molecule has 0 bridgehead atoms. The van der Waals surface area contributed by atoms with Crippen molar-refractivity contribution in [1.29, 1.82) is 0 Å². The number of amides is 1. The smallest absolute Gasteiger partial charge is 0.271 e. The normalized spacial score (nSPS) is 12.3. The third-order valence-electron chi connectivity index (χ3n) is 4.31. The van der Waals surface area contributed by atoms with Gasteiger partial charge in [-0.15, -0.1) is 0 Å². The van der Waals surface area contributed by atoms with Gasteiger partial charge in [0, 0.05) is 15.6 Å². The second-order valence-corrected chi connectivity index (χ2v) is 8.15. The van der Waals surface area contributed by atoms with E-state index in [1.165, 1.54) is 12.4 Å². The highest BCUT2D eigenvalue weighted by molar-refractivity contribution is 6.31. The van der Waals surface area contributed by atoms with E-state index in [1.54, 1.807) is 32.0 Å². The molecule has 0 spiro atoms. The van der Waals surface area contributed by atoms with Gasteiger partial charge in [-0.3, -0.25) is 4.79 Å². The van der Waals surface area contributed by atoms with Gasteiger partial charge in [-0.2, -0.15) is 0 Å². The van der Waals surface area contributed by atoms with Gasteiger partial charge in [0.05, 0.1) is 24.5 Å². The zero-order valence-corrected chi connectivity index (χ0v) is 18.0. The molecule has 1 heterocycles. The first kappa shape index (κ1) is 22.0. The highest BCUT2D eigenvalue weighted by Gasteiger charge is 2.22. The highest BCUT2D eigenvalue weighted by atomic mass is 35.5. The topological polar surface area (TPSA) is 84.3 Å². The van der Waals surface area contributed by atoms with Gasteiger partial charge in [0.15, 0.2) is 6.10 Å². The maximum Gasteiger partial charge on any atom is 0.271 e. The Kier molecular flexibility index (Phi) is 6.92. The van der Waals surface area contributed by atoms with Crippen LogP contribution in [-0.4, -0.2) is 33.1 Å². The molecule has 6 nitrogen and oxygen atoms in total. The molecule has 0 aliphatic heterocycles. The maximum atomic E-state index is 12.3. The lowest BCUT2D eigenvalue weighted by molar-refractivity contribution is 0.0863. The summed E-state index contributed by atoms with van der Waals surface area (Å²) >= 11 is 12.4. The Hall–Kier alpha value is -2.67. The molecule has 2 aromatic carbocycles. The number of halogens is 2. The van der Waals surface area contributed by atoms with Gasteiger partial charge < -0.3 is 15.2 Å². The summed E-state index contributed by atoms with van der Waals surface area (Å²) in [6, 6.07) is 14.6. The van der Waals surface area contributed by atoms with Gasteiger partial charge in [-0.05, 0) is 37.6 Å². The SMILES string of the molecule is CC(C)(CO)NC(=O)c1cnc(OC(c2ccc(Cl)cc2)c2ccccc2Cl)cn1. The van der Waals surface area contributed by atoms with Gasteiger partial charge >= 0.3 is 0 Å². The molecular formula is C22H21Cl2N3O3. The number of aliphatic hydroxyl groups excluding tert-OH is 1. The molecule has 0 saturated carbocycles. The van der Waals surface area contributed by atoms with Crippen LogP contribution in [0.1, 0.15) is 41.6 Å². The molecule has 0 radical (unpaired) electrons. The molecule has 1 atom stereocenters. The van der Waals surface area contributed by atoms with Crippen LogP contribution in [0.2, 0.25) is 10.0 Å². The molecule has 1 aromatic heterocycles. The zero-order chi connectivity index (χ0) is 21.7. The number of hydrogen-bond acceptors (Lipinski definition) is 5. The number of carbonyl (C=O) groups is 1. The third kappa shape index (κ3) is 5.48. The van der Waals surface area contributed by atoms with Crippen LogP contribution in [0.25, 0.3) is 0 Å². The van der Waals surface area contributed by atoms with Gasteiger partial charge in [-0.25, -0.2) is 9.97 Å². The van der Waals surface area contributed by atoms with E-state index in [0.717, 1.165) is 11.1 Å². The molecule has 1 unspecified atom stereocenters. The third-order valence-corrected chi connectivity index (χ3v) is 4.90. The van der Waals surface area contributed by atoms with Crippen molar-refractivity contribution in [3.8, 4) is 5.88 Å². The van der Waals surface area contributed by atoms with Crippen LogP contribution in [0.5, 0.6) is 5.88 Å². The van der Waals surface area contributed by atoms with Crippen molar-refractivity contribution in [2.75, 3.05) is 6.61 Å². The Morgan fingerprint density at radius 3 is 2.40 bits per heavy atom. The van der Waals surface area contributed by atoms with Crippen molar-refractivity contribution in [2.24, 2.45) is 0 Å². The summed E-state index contributed by atoms with van der Waals surface area (Å²) in [6.45, 7) is 3.21. The number of aliphatic hydroxyl groups is 1. The fourth-order valence-electron chi connectivity index (χ4n) is 2.66. The van der Waals surface area contributed by atoms with E-state index in [0.29, 0.717) is 10.0 Å². The Bertz CT molecular complexity index is 1010. The number of carbonyl (C=O) groups excluding carboxylic acids is 1. The summed E-state index contributed by atoms with van der Waals surface area (Å²) in [6.07, 6.45) is 2.16. The van der Waals surface area contributed by atoms with Crippen LogP contribution in [0, 0.1) is 0 Å². The Balaban J connectivity index is 1.85. The van der Waals surface area contributed by atoms with Crippen molar-refractivity contribution in [3.63, 3.8) is 0 Å². The lowest BCUT2D eigenvalue weighted by Gasteiger charge is -2.23. The first-order valence-electron chi connectivity index (χ1n) is 9.21. The molecular weight excluding hydrogens is 425 g/mol. The predicted molar refractivity (Wildman–Crippen MR) is 116 cm³/mol. The molecule has 1 amide bonds. The lowest BCUT2D eigenvalue weighted by atomic mass is 10.0. The molecule has 3 rings (SSSR count). The van der Waals surface area contributed by atoms with E-state index in [2.05, 4.69) is 15.3 Å². The number of hydrogen-bond donors (Lipinski definition) is 2. The minimum Gasteiger partial charge on any atom is -0.463 e. The van der Waals surface area contributed by atoms with Crippen molar-refractivity contribution < 1.29 is 14.6 Å². The number of rotatable bonds is 7. The average molecular weight is 446 g/mol. The van der Waals surface area contributed by atoms with Crippen LogP contribution in [0.3, 0.4) is 0 Å². The second-order valence-electron chi connectivity index (χ2n) is 7.31. The molecule has 156 valence electrons. The first-order valence-corrected chi connectivity index (χ1v) is 9.96. The number of ether oxygens (including phenoxy) is 1. The van der Waals surface area contributed by atoms with E-state index in [4.69, 9.17) is 27.9 Å².